The van der Waals surface area contributed by atoms with Crippen LogP contribution in [0.4, 0.5) is 17.6 Å². The van der Waals surface area contributed by atoms with Crippen molar-refractivity contribution in [2.75, 3.05) is 0 Å². The molecule has 1 aromatic rings. The number of benzene rings is 1. The van der Waals surface area contributed by atoms with E-state index in [2.05, 4.69) is 0 Å². The molecule has 15 heavy (non-hydrogen) atoms. The Hall–Kier alpha value is -0.785. The predicted molar refractivity (Wildman–Crippen MR) is 46.2 cm³/mol. The first-order valence-corrected chi connectivity index (χ1v) is 4.03. The van der Waals surface area contributed by atoms with E-state index in [9.17, 15) is 17.6 Å². The Bertz CT molecular complexity index is 380. The third kappa shape index (κ3) is 2.61. The van der Waals surface area contributed by atoms with Crippen molar-refractivity contribution in [2.45, 2.75) is 6.18 Å². The van der Waals surface area contributed by atoms with Gasteiger partial charge in [-0.15, -0.1) is 0 Å². The molecule has 2 nitrogen and oxygen atoms in total. The topological polar surface area (TPSA) is 40.5 Å². The quantitative estimate of drug-likeness (QED) is 0.573. The maximum atomic E-state index is 13.0. The SMILES string of the molecule is OB(O)c1cc(C(F)(F)F)cc(Cl)c1F. The Labute approximate surface area is 87.2 Å². The largest absolute Gasteiger partial charge is 0.491 e. The second kappa shape index (κ2) is 4.00. The molecule has 1 rings (SSSR count). The molecular weight excluding hydrogens is 238 g/mol. The normalized spacial score (nSPS) is 11.7. The van der Waals surface area contributed by atoms with Crippen molar-refractivity contribution in [3.05, 3.63) is 28.5 Å². The van der Waals surface area contributed by atoms with Crippen LogP contribution in [0, 0.1) is 5.82 Å². The summed E-state index contributed by atoms with van der Waals surface area (Å²) in [5.74, 6) is -1.28. The summed E-state index contributed by atoms with van der Waals surface area (Å²) in [5.41, 5.74) is -2.15. The molecule has 0 aliphatic rings. The second-order valence-electron chi connectivity index (χ2n) is 2.73. The van der Waals surface area contributed by atoms with Crippen LogP contribution in [0.25, 0.3) is 0 Å². The summed E-state index contributed by atoms with van der Waals surface area (Å²) in [5, 5.41) is 16.4. The van der Waals surface area contributed by atoms with Crippen molar-refractivity contribution in [3.8, 4) is 0 Å². The van der Waals surface area contributed by atoms with Crippen LogP contribution < -0.4 is 5.46 Å². The van der Waals surface area contributed by atoms with Crippen LogP contribution in [0.5, 0.6) is 0 Å². The molecule has 0 spiro atoms. The molecule has 0 fully saturated rings. The summed E-state index contributed by atoms with van der Waals surface area (Å²) in [4.78, 5) is 0. The molecule has 8 heteroatoms. The van der Waals surface area contributed by atoms with Crippen LogP contribution in [0.2, 0.25) is 5.02 Å². The van der Waals surface area contributed by atoms with Crippen LogP contribution in [-0.4, -0.2) is 17.2 Å². The van der Waals surface area contributed by atoms with Gasteiger partial charge in [0.05, 0.1) is 10.6 Å². The van der Waals surface area contributed by atoms with Crippen LogP contribution in [0.1, 0.15) is 5.56 Å². The average molecular weight is 242 g/mol. The minimum absolute atomic E-state index is 0.297. The Balaban J connectivity index is 3.36. The van der Waals surface area contributed by atoms with Gasteiger partial charge < -0.3 is 10.0 Å². The summed E-state index contributed by atoms with van der Waals surface area (Å²) in [6.45, 7) is 0. The molecule has 0 aromatic heterocycles. The van der Waals surface area contributed by atoms with E-state index in [1.165, 1.54) is 0 Å². The van der Waals surface area contributed by atoms with Crippen molar-refractivity contribution in [3.63, 3.8) is 0 Å². The first kappa shape index (κ1) is 12.3. The number of hydrogen-bond acceptors (Lipinski definition) is 2. The summed E-state index contributed by atoms with van der Waals surface area (Å²) in [7, 11) is -2.34. The molecule has 0 aliphatic heterocycles. The summed E-state index contributed by atoms with van der Waals surface area (Å²) in [6, 6.07) is 0.675. The van der Waals surface area contributed by atoms with E-state index in [-0.39, 0.29) is 0 Å². The Morgan fingerprint density at radius 3 is 2.13 bits per heavy atom. The lowest BCUT2D eigenvalue weighted by Gasteiger charge is -2.10. The summed E-state index contributed by atoms with van der Waals surface area (Å²) < 4.78 is 49.6. The summed E-state index contributed by atoms with van der Waals surface area (Å²) >= 11 is 5.17. The molecule has 2 N–H and O–H groups in total. The Morgan fingerprint density at radius 2 is 1.73 bits per heavy atom. The predicted octanol–water partition coefficient (Wildman–Crippen LogP) is 1.18. The van der Waals surface area contributed by atoms with Gasteiger partial charge in [-0.25, -0.2) is 4.39 Å². The highest BCUT2D eigenvalue weighted by Crippen LogP contribution is 2.31. The third-order valence-corrected chi connectivity index (χ3v) is 1.94. The maximum absolute atomic E-state index is 13.0. The van der Waals surface area contributed by atoms with Crippen molar-refractivity contribution in [1.82, 2.24) is 0 Å². The number of rotatable bonds is 1. The van der Waals surface area contributed by atoms with Gasteiger partial charge in [0.25, 0.3) is 0 Å². The zero-order valence-corrected chi connectivity index (χ0v) is 7.77. The number of halogens is 5. The molecule has 0 amide bonds. The van der Waals surface area contributed by atoms with Crippen LogP contribution in [-0.2, 0) is 6.18 Å². The molecule has 0 aliphatic carbocycles. The highest BCUT2D eigenvalue weighted by atomic mass is 35.5. The average Bonchev–Trinajstić information content (AvgIpc) is 2.06. The molecule has 1 aromatic carbocycles. The van der Waals surface area contributed by atoms with E-state index >= 15 is 0 Å². The molecule has 0 saturated carbocycles. The fourth-order valence-electron chi connectivity index (χ4n) is 0.962. The first-order chi connectivity index (χ1) is 6.73. The first-order valence-electron chi connectivity index (χ1n) is 3.65. The molecule has 0 saturated heterocycles. The van der Waals surface area contributed by atoms with E-state index < -0.39 is 35.2 Å². The van der Waals surface area contributed by atoms with E-state index in [1.807, 2.05) is 0 Å². The molecule has 0 atom stereocenters. The molecule has 0 unspecified atom stereocenters. The van der Waals surface area contributed by atoms with Gasteiger partial charge in [-0.05, 0) is 12.1 Å². The van der Waals surface area contributed by atoms with Crippen LogP contribution >= 0.6 is 11.6 Å². The van der Waals surface area contributed by atoms with E-state index in [0.29, 0.717) is 12.1 Å². The van der Waals surface area contributed by atoms with Gasteiger partial charge in [-0.1, -0.05) is 11.6 Å². The monoisotopic (exact) mass is 242 g/mol. The van der Waals surface area contributed by atoms with Crippen LogP contribution in [0.15, 0.2) is 12.1 Å². The lowest BCUT2D eigenvalue weighted by Crippen LogP contribution is -2.34. The van der Waals surface area contributed by atoms with Gasteiger partial charge >= 0.3 is 13.3 Å². The molecule has 0 heterocycles. The van der Waals surface area contributed by atoms with Gasteiger partial charge in [-0.3, -0.25) is 0 Å². The standard InChI is InChI=1S/C7H4BClF4O2/c9-5-2-3(7(11,12)13)1-4(6(5)10)8(14)15/h1-2,14-15H. The third-order valence-electron chi connectivity index (χ3n) is 1.66. The smallest absolute Gasteiger partial charge is 0.423 e. The van der Waals surface area contributed by atoms with E-state index in [4.69, 9.17) is 21.6 Å². The Morgan fingerprint density at radius 1 is 1.20 bits per heavy atom. The van der Waals surface area contributed by atoms with E-state index in [0.717, 1.165) is 0 Å². The summed E-state index contributed by atoms with van der Waals surface area (Å²) in [6.07, 6.45) is -4.72. The fraction of sp³-hybridized carbons (Fsp3) is 0.143. The molecule has 0 radical (unpaired) electrons. The maximum Gasteiger partial charge on any atom is 0.491 e. The highest BCUT2D eigenvalue weighted by Gasteiger charge is 2.33. The van der Waals surface area contributed by atoms with Gasteiger partial charge in [0, 0.05) is 5.46 Å². The molecule has 0 bridgehead atoms. The lowest BCUT2D eigenvalue weighted by molar-refractivity contribution is -0.137. The minimum atomic E-state index is -4.72. The minimum Gasteiger partial charge on any atom is -0.423 e. The van der Waals surface area contributed by atoms with Gasteiger partial charge in [0.2, 0.25) is 0 Å². The second-order valence-corrected chi connectivity index (χ2v) is 3.14. The van der Waals surface area contributed by atoms with Crippen LogP contribution in [0.3, 0.4) is 0 Å². The van der Waals surface area contributed by atoms with Crippen molar-refractivity contribution in [1.29, 1.82) is 0 Å². The van der Waals surface area contributed by atoms with Crippen molar-refractivity contribution in [2.24, 2.45) is 0 Å². The molecular formula is C7H4BClF4O2. The zero-order valence-electron chi connectivity index (χ0n) is 7.02. The van der Waals surface area contributed by atoms with Gasteiger partial charge in [0.1, 0.15) is 5.82 Å². The van der Waals surface area contributed by atoms with Crippen molar-refractivity contribution >= 4 is 24.2 Å². The lowest BCUT2D eigenvalue weighted by atomic mass is 9.79. The van der Waals surface area contributed by atoms with Gasteiger partial charge in [0.15, 0.2) is 0 Å². The van der Waals surface area contributed by atoms with Crippen molar-refractivity contribution < 1.29 is 27.6 Å². The zero-order chi connectivity index (χ0) is 11.8. The van der Waals surface area contributed by atoms with E-state index in [1.54, 1.807) is 0 Å². The highest BCUT2D eigenvalue weighted by molar-refractivity contribution is 6.59. The Kier molecular flexibility index (Phi) is 3.27. The fourth-order valence-corrected chi connectivity index (χ4v) is 1.19. The number of hydrogen-bond donors (Lipinski definition) is 2. The molecule has 82 valence electrons. The number of alkyl halides is 3. The van der Waals surface area contributed by atoms with Gasteiger partial charge in [-0.2, -0.15) is 13.2 Å².